The van der Waals surface area contributed by atoms with E-state index in [-0.39, 0.29) is 34.7 Å². The second-order valence-electron chi connectivity index (χ2n) is 11.1. The van der Waals surface area contributed by atoms with E-state index in [2.05, 4.69) is 20.7 Å². The number of halogens is 2. The summed E-state index contributed by atoms with van der Waals surface area (Å²) in [4.78, 5) is 31.8. The first kappa shape index (κ1) is 25.8. The first-order valence-corrected chi connectivity index (χ1v) is 13.6. The van der Waals surface area contributed by atoms with Gasteiger partial charge in [-0.2, -0.15) is 5.10 Å². The van der Waals surface area contributed by atoms with Gasteiger partial charge in [-0.25, -0.2) is 14.2 Å². The normalized spacial score (nSPS) is 25.9. The summed E-state index contributed by atoms with van der Waals surface area (Å²) < 4.78 is 16.9. The van der Waals surface area contributed by atoms with Crippen molar-refractivity contribution in [1.29, 1.82) is 0 Å². The fraction of sp³-hybridized carbons (Fsp3) is 0.481. The maximum absolute atomic E-state index is 13.5. The Morgan fingerprint density at radius 3 is 2.49 bits per heavy atom. The number of aromatic nitrogens is 4. The van der Waals surface area contributed by atoms with Crippen LogP contribution in [-0.4, -0.2) is 54.4 Å². The number of aliphatic hydroxyl groups is 1. The molecule has 0 spiro atoms. The van der Waals surface area contributed by atoms with Crippen LogP contribution in [0.5, 0.6) is 0 Å². The zero-order valence-electron chi connectivity index (χ0n) is 21.8. The number of anilines is 2. The molecule has 3 aliphatic rings. The number of carbonyl (C=O) groups excluding carboxylic acids is 2. The van der Waals surface area contributed by atoms with E-state index in [1.807, 2.05) is 0 Å². The van der Waals surface area contributed by atoms with E-state index in [9.17, 15) is 19.1 Å². The standard InChI is InChI=1S/C27H31ClFN7O3/c1-34-14-30-23(24(34)25(37)31-18-4-5-20(29)19(28)10-18)15-8-16-12-27(39,13-17(16)9-15)21-11-22(33-35(21)2)32-26(38)36-6-3-7-36/h4-5,10-11,14-17,39H,3,6-9,12-13H2,1-2H3,(H,31,37)(H,32,33,38). The van der Waals surface area contributed by atoms with Crippen LogP contribution in [0, 0.1) is 17.7 Å². The van der Waals surface area contributed by atoms with Gasteiger partial charge in [0.2, 0.25) is 0 Å². The van der Waals surface area contributed by atoms with Crippen LogP contribution in [0.4, 0.5) is 20.7 Å². The van der Waals surface area contributed by atoms with E-state index in [1.54, 1.807) is 40.6 Å². The van der Waals surface area contributed by atoms with Gasteiger partial charge >= 0.3 is 6.03 Å². The molecule has 2 saturated carbocycles. The molecule has 3 fully saturated rings. The Kier molecular flexibility index (Phi) is 6.38. The fourth-order valence-electron chi connectivity index (χ4n) is 6.55. The van der Waals surface area contributed by atoms with Crippen molar-refractivity contribution in [3.63, 3.8) is 0 Å². The molecule has 3 heterocycles. The van der Waals surface area contributed by atoms with Gasteiger partial charge < -0.3 is 19.9 Å². The van der Waals surface area contributed by atoms with Gasteiger partial charge in [-0.1, -0.05) is 11.6 Å². The van der Waals surface area contributed by atoms with Gasteiger partial charge in [-0.3, -0.25) is 14.8 Å². The van der Waals surface area contributed by atoms with Gasteiger partial charge in [-0.15, -0.1) is 0 Å². The van der Waals surface area contributed by atoms with Crippen LogP contribution >= 0.6 is 11.6 Å². The molecule has 2 aliphatic carbocycles. The van der Waals surface area contributed by atoms with Crippen LogP contribution in [0.25, 0.3) is 0 Å². The predicted octanol–water partition coefficient (Wildman–Crippen LogP) is 4.23. The highest BCUT2D eigenvalue weighted by Crippen LogP contribution is 2.57. The Balaban J connectivity index is 1.14. The van der Waals surface area contributed by atoms with Crippen molar-refractivity contribution in [2.45, 2.75) is 43.6 Å². The molecule has 206 valence electrons. The molecule has 0 bridgehead atoms. The van der Waals surface area contributed by atoms with E-state index >= 15 is 0 Å². The number of nitrogens with zero attached hydrogens (tertiary/aromatic N) is 5. The number of urea groups is 1. The average Bonchev–Trinajstić information content (AvgIpc) is 3.57. The molecule has 3 amide bonds. The van der Waals surface area contributed by atoms with E-state index in [0.717, 1.165) is 38.0 Å². The lowest BCUT2D eigenvalue weighted by molar-refractivity contribution is 0.0263. The van der Waals surface area contributed by atoms with Gasteiger partial charge in [0.25, 0.3) is 5.91 Å². The van der Waals surface area contributed by atoms with Crippen LogP contribution in [0.3, 0.4) is 0 Å². The van der Waals surface area contributed by atoms with Gasteiger partial charge in [0.05, 0.1) is 22.7 Å². The minimum Gasteiger partial charge on any atom is -0.384 e. The molecule has 3 N–H and O–H groups in total. The Morgan fingerprint density at radius 1 is 1.13 bits per heavy atom. The molecule has 10 nitrogen and oxygen atoms in total. The number of hydrogen-bond donors (Lipinski definition) is 3. The summed E-state index contributed by atoms with van der Waals surface area (Å²) in [6.07, 6.45) is 5.42. The largest absolute Gasteiger partial charge is 0.384 e. The topological polar surface area (TPSA) is 117 Å². The molecule has 1 aromatic carbocycles. The smallest absolute Gasteiger partial charge is 0.323 e. The molecule has 12 heteroatoms. The quantitative estimate of drug-likeness (QED) is 0.435. The summed E-state index contributed by atoms with van der Waals surface area (Å²) in [5.41, 5.74) is 1.27. The number of benzene rings is 1. The van der Waals surface area contributed by atoms with Crippen molar-refractivity contribution in [2.24, 2.45) is 25.9 Å². The van der Waals surface area contributed by atoms with Crippen molar-refractivity contribution in [1.82, 2.24) is 24.2 Å². The third-order valence-electron chi connectivity index (χ3n) is 8.52. The van der Waals surface area contributed by atoms with Crippen molar-refractivity contribution >= 4 is 35.0 Å². The van der Waals surface area contributed by atoms with E-state index in [0.29, 0.717) is 35.7 Å². The Hall–Kier alpha value is -3.44. The third kappa shape index (κ3) is 4.67. The second-order valence-corrected chi connectivity index (χ2v) is 11.5. The first-order valence-electron chi connectivity index (χ1n) is 13.2. The summed E-state index contributed by atoms with van der Waals surface area (Å²) >= 11 is 5.87. The number of hydrogen-bond acceptors (Lipinski definition) is 5. The molecule has 1 aliphatic heterocycles. The van der Waals surface area contributed by atoms with Crippen LogP contribution in [0.2, 0.25) is 5.02 Å². The Bertz CT molecular complexity index is 1430. The molecule has 2 unspecified atom stereocenters. The lowest BCUT2D eigenvalue weighted by Gasteiger charge is -2.30. The molecule has 39 heavy (non-hydrogen) atoms. The maximum atomic E-state index is 13.5. The molecule has 1 saturated heterocycles. The Labute approximate surface area is 230 Å². The van der Waals surface area contributed by atoms with Crippen molar-refractivity contribution < 1.29 is 19.1 Å². The van der Waals surface area contributed by atoms with Crippen LogP contribution in [0.1, 0.15) is 59.9 Å². The SMILES string of the molecule is Cn1cnc(C2CC3CC(O)(c4cc(NC(=O)N5CCC5)nn4C)CC3C2)c1C(=O)Nc1ccc(F)c(Cl)c1. The fourth-order valence-corrected chi connectivity index (χ4v) is 6.74. The predicted molar refractivity (Wildman–Crippen MR) is 143 cm³/mol. The minimum absolute atomic E-state index is 0.0619. The maximum Gasteiger partial charge on any atom is 0.323 e. The summed E-state index contributed by atoms with van der Waals surface area (Å²) in [6, 6.07) is 5.68. The second kappa shape index (κ2) is 9.63. The number of fused-ring (bicyclic) bond motifs is 1. The number of amides is 3. The van der Waals surface area contributed by atoms with E-state index < -0.39 is 11.4 Å². The van der Waals surface area contributed by atoms with E-state index in [1.165, 1.54) is 18.2 Å². The first-order chi connectivity index (χ1) is 18.6. The molecule has 6 rings (SSSR count). The molecule has 2 atom stereocenters. The number of likely N-dealkylation sites (tertiary alicyclic amines) is 1. The monoisotopic (exact) mass is 555 g/mol. The highest BCUT2D eigenvalue weighted by molar-refractivity contribution is 6.31. The number of rotatable bonds is 5. The van der Waals surface area contributed by atoms with Gasteiger partial charge in [0.15, 0.2) is 5.82 Å². The van der Waals surface area contributed by atoms with Crippen LogP contribution in [0.15, 0.2) is 30.6 Å². The zero-order chi connectivity index (χ0) is 27.5. The van der Waals surface area contributed by atoms with Crippen LogP contribution < -0.4 is 10.6 Å². The molecule has 3 aromatic rings. The molecule has 0 radical (unpaired) electrons. The highest BCUT2D eigenvalue weighted by Gasteiger charge is 2.51. The molecule has 2 aromatic heterocycles. The molecular weight excluding hydrogens is 525 g/mol. The summed E-state index contributed by atoms with van der Waals surface area (Å²) in [6.45, 7) is 1.50. The minimum atomic E-state index is -1.03. The van der Waals surface area contributed by atoms with Crippen molar-refractivity contribution in [3.8, 4) is 0 Å². The molecular formula is C27H31ClFN7O3. The van der Waals surface area contributed by atoms with Crippen molar-refractivity contribution in [2.75, 3.05) is 23.7 Å². The highest BCUT2D eigenvalue weighted by atomic mass is 35.5. The number of carbonyl (C=O) groups is 2. The Morgan fingerprint density at radius 2 is 1.85 bits per heavy atom. The summed E-state index contributed by atoms with van der Waals surface area (Å²) in [7, 11) is 3.56. The van der Waals surface area contributed by atoms with Crippen LogP contribution in [-0.2, 0) is 19.7 Å². The van der Waals surface area contributed by atoms with Gasteiger partial charge in [-0.05, 0) is 62.1 Å². The summed E-state index contributed by atoms with van der Waals surface area (Å²) in [5.74, 6) is 0.183. The third-order valence-corrected chi connectivity index (χ3v) is 8.81. The number of aryl methyl sites for hydroxylation is 2. The zero-order valence-corrected chi connectivity index (χ0v) is 22.6. The van der Waals surface area contributed by atoms with E-state index in [4.69, 9.17) is 11.6 Å². The van der Waals surface area contributed by atoms with Gasteiger partial charge in [0.1, 0.15) is 17.1 Å². The number of nitrogens with one attached hydrogen (secondary N) is 2. The number of imidazole rings is 1. The lowest BCUT2D eigenvalue weighted by Crippen LogP contribution is -2.44. The van der Waals surface area contributed by atoms with Gasteiger partial charge in [0, 0.05) is 44.9 Å². The van der Waals surface area contributed by atoms with Crippen molar-refractivity contribution in [3.05, 3.63) is 58.5 Å². The lowest BCUT2D eigenvalue weighted by atomic mass is 9.90. The summed E-state index contributed by atoms with van der Waals surface area (Å²) in [5, 5.41) is 21.7. The average molecular weight is 556 g/mol.